The molecule has 0 N–H and O–H groups in total. The topological polar surface area (TPSA) is 92.6 Å². The van der Waals surface area contributed by atoms with Gasteiger partial charge in [-0.05, 0) is 26.0 Å². The third-order valence-electron chi connectivity index (χ3n) is 5.03. The average Bonchev–Trinajstić information content (AvgIpc) is 2.73. The van der Waals surface area contributed by atoms with Crippen LogP contribution in [0.25, 0.3) is 5.69 Å². The molecule has 1 aliphatic rings. The normalized spacial score (nSPS) is 15.8. The maximum Gasteiger partial charge on any atom is 0.418 e. The van der Waals surface area contributed by atoms with Crippen LogP contribution in [0.4, 0.5) is 13.2 Å². The second-order valence-corrected chi connectivity index (χ2v) is 9.27. The van der Waals surface area contributed by atoms with Crippen LogP contribution in [0, 0.1) is 6.92 Å². The maximum atomic E-state index is 13.4. The van der Waals surface area contributed by atoms with Crippen LogP contribution in [-0.2, 0) is 16.2 Å². The first-order valence-electron chi connectivity index (χ1n) is 9.50. The molecule has 1 saturated heterocycles. The van der Waals surface area contributed by atoms with Crippen molar-refractivity contribution in [3.05, 3.63) is 57.5 Å². The molecule has 168 valence electrons. The van der Waals surface area contributed by atoms with Crippen LogP contribution < -0.4 is 5.43 Å². The van der Waals surface area contributed by atoms with Crippen molar-refractivity contribution in [2.45, 2.75) is 20.0 Å². The van der Waals surface area contributed by atoms with E-state index in [9.17, 15) is 31.2 Å². The minimum Gasteiger partial charge on any atom is -0.334 e. The Hall–Kier alpha value is -2.73. The van der Waals surface area contributed by atoms with Gasteiger partial charge in [-0.25, -0.2) is 13.1 Å². The number of carbonyl (C=O) groups excluding carboxylic acids is 1. The lowest BCUT2D eigenvalue weighted by molar-refractivity contribution is -0.137. The first-order valence-corrected chi connectivity index (χ1v) is 11.1. The molecule has 1 aromatic carbocycles. The zero-order chi connectivity index (χ0) is 23.0. The molecule has 3 rings (SSSR count). The van der Waals surface area contributed by atoms with E-state index in [0.29, 0.717) is 0 Å². The van der Waals surface area contributed by atoms with Gasteiger partial charge in [-0.2, -0.15) is 22.6 Å². The number of aromatic nitrogens is 2. The minimum atomic E-state index is -4.65. The molecule has 2 heterocycles. The van der Waals surface area contributed by atoms with E-state index in [-0.39, 0.29) is 43.3 Å². The molecular formula is C19H21F3N4O4S. The van der Waals surface area contributed by atoms with Crippen molar-refractivity contribution in [2.24, 2.45) is 0 Å². The number of benzene rings is 1. The minimum absolute atomic E-state index is 0.0478. The van der Waals surface area contributed by atoms with Crippen molar-refractivity contribution >= 4 is 15.9 Å². The maximum absolute atomic E-state index is 13.4. The standard InChI is InChI=1S/C19H21F3N4O4S/c1-3-31(29,30)25-10-8-24(9-11-25)18(28)17-16(27)12-13(2)26(23-17)15-7-5-4-6-14(15)19(20,21)22/h4-7,12H,3,8-11H2,1-2H3. The van der Waals surface area contributed by atoms with Crippen LogP contribution in [0.2, 0.25) is 0 Å². The molecule has 0 saturated carbocycles. The predicted molar refractivity (Wildman–Crippen MR) is 107 cm³/mol. The van der Waals surface area contributed by atoms with E-state index in [1.54, 1.807) is 0 Å². The van der Waals surface area contributed by atoms with Gasteiger partial charge in [-0.3, -0.25) is 9.59 Å². The summed E-state index contributed by atoms with van der Waals surface area (Å²) in [5.74, 6) is -0.819. The average molecular weight is 458 g/mol. The van der Waals surface area contributed by atoms with Gasteiger partial charge in [-0.15, -0.1) is 0 Å². The lowest BCUT2D eigenvalue weighted by Crippen LogP contribution is -2.51. The van der Waals surface area contributed by atoms with Gasteiger partial charge in [0.2, 0.25) is 15.5 Å². The highest BCUT2D eigenvalue weighted by atomic mass is 32.2. The summed E-state index contributed by atoms with van der Waals surface area (Å²) in [5.41, 5.74) is -2.36. The lowest BCUT2D eigenvalue weighted by Gasteiger charge is -2.33. The van der Waals surface area contributed by atoms with E-state index in [0.717, 1.165) is 16.8 Å². The summed E-state index contributed by atoms with van der Waals surface area (Å²) in [6, 6.07) is 5.79. The molecule has 8 nitrogen and oxygen atoms in total. The van der Waals surface area contributed by atoms with Crippen molar-refractivity contribution in [2.75, 3.05) is 31.9 Å². The zero-order valence-corrected chi connectivity index (χ0v) is 17.7. The molecule has 2 aromatic rings. The Bertz CT molecular complexity index is 1150. The van der Waals surface area contributed by atoms with Crippen molar-refractivity contribution in [3.63, 3.8) is 0 Å². The third-order valence-corrected chi connectivity index (χ3v) is 6.91. The van der Waals surface area contributed by atoms with Crippen molar-refractivity contribution < 1.29 is 26.4 Å². The van der Waals surface area contributed by atoms with Gasteiger partial charge in [0.15, 0.2) is 5.69 Å². The van der Waals surface area contributed by atoms with Gasteiger partial charge >= 0.3 is 6.18 Å². The van der Waals surface area contributed by atoms with E-state index in [1.165, 1.54) is 41.3 Å². The highest BCUT2D eigenvalue weighted by Crippen LogP contribution is 2.33. The SMILES string of the molecule is CCS(=O)(=O)N1CCN(C(=O)c2nn(-c3ccccc3C(F)(F)F)c(C)cc2=O)CC1. The monoisotopic (exact) mass is 458 g/mol. The van der Waals surface area contributed by atoms with Gasteiger partial charge < -0.3 is 4.90 Å². The molecule has 0 radical (unpaired) electrons. The fourth-order valence-electron chi connectivity index (χ4n) is 3.34. The number of rotatable bonds is 4. The second-order valence-electron chi connectivity index (χ2n) is 7.02. The Morgan fingerprint density at radius 3 is 2.32 bits per heavy atom. The number of para-hydroxylation sites is 1. The number of hydrogen-bond donors (Lipinski definition) is 0. The Kier molecular flexibility index (Phi) is 6.23. The molecule has 1 amide bonds. The van der Waals surface area contributed by atoms with Crippen molar-refractivity contribution in [1.29, 1.82) is 0 Å². The second kappa shape index (κ2) is 8.42. The largest absolute Gasteiger partial charge is 0.418 e. The van der Waals surface area contributed by atoms with Gasteiger partial charge in [0, 0.05) is 37.9 Å². The highest BCUT2D eigenvalue weighted by Gasteiger charge is 2.35. The van der Waals surface area contributed by atoms with E-state index < -0.39 is 38.8 Å². The molecule has 0 bridgehead atoms. The molecule has 0 aliphatic carbocycles. The van der Waals surface area contributed by atoms with Crippen molar-refractivity contribution in [1.82, 2.24) is 19.0 Å². The molecule has 0 spiro atoms. The van der Waals surface area contributed by atoms with E-state index in [1.807, 2.05) is 0 Å². The molecule has 31 heavy (non-hydrogen) atoms. The number of amides is 1. The van der Waals surface area contributed by atoms with Crippen LogP contribution in [0.15, 0.2) is 35.1 Å². The quantitative estimate of drug-likeness (QED) is 0.695. The van der Waals surface area contributed by atoms with E-state index in [2.05, 4.69) is 5.10 Å². The first-order chi connectivity index (χ1) is 14.5. The molecular weight excluding hydrogens is 437 g/mol. The molecule has 1 aliphatic heterocycles. The van der Waals surface area contributed by atoms with Gasteiger partial charge in [0.25, 0.3) is 5.91 Å². The molecule has 1 fully saturated rings. The number of hydrogen-bond acceptors (Lipinski definition) is 5. The summed E-state index contributed by atoms with van der Waals surface area (Å²) in [6.45, 7) is 3.17. The molecule has 12 heteroatoms. The number of nitrogens with zero attached hydrogens (tertiary/aromatic N) is 4. The summed E-state index contributed by atoms with van der Waals surface area (Å²) >= 11 is 0. The predicted octanol–water partition coefficient (Wildman–Crippen LogP) is 1.67. The van der Waals surface area contributed by atoms with Crippen LogP contribution in [0.1, 0.15) is 28.7 Å². The number of piperazine rings is 1. The Balaban J connectivity index is 1.95. The summed E-state index contributed by atoms with van der Waals surface area (Å²) < 4.78 is 66.4. The smallest absolute Gasteiger partial charge is 0.334 e. The number of aryl methyl sites for hydroxylation is 1. The highest BCUT2D eigenvalue weighted by molar-refractivity contribution is 7.89. The number of sulfonamides is 1. The van der Waals surface area contributed by atoms with Crippen LogP contribution >= 0.6 is 0 Å². The van der Waals surface area contributed by atoms with Crippen LogP contribution in [0.5, 0.6) is 0 Å². The summed E-state index contributed by atoms with van der Waals surface area (Å²) in [4.78, 5) is 26.6. The van der Waals surface area contributed by atoms with Gasteiger partial charge in [0.1, 0.15) is 0 Å². The summed E-state index contributed by atoms with van der Waals surface area (Å²) in [6.07, 6.45) is -4.65. The molecule has 0 atom stereocenters. The van der Waals surface area contributed by atoms with Gasteiger partial charge in [-0.1, -0.05) is 12.1 Å². The van der Waals surface area contributed by atoms with Crippen LogP contribution in [0.3, 0.4) is 0 Å². The third kappa shape index (κ3) is 4.64. The van der Waals surface area contributed by atoms with Gasteiger partial charge in [0.05, 0.1) is 17.0 Å². The summed E-state index contributed by atoms with van der Waals surface area (Å²) in [7, 11) is -3.40. The fourth-order valence-corrected chi connectivity index (χ4v) is 4.42. The van der Waals surface area contributed by atoms with Crippen LogP contribution in [-0.4, -0.2) is 65.2 Å². The number of halogens is 3. The number of carbonyl (C=O) groups is 1. The Morgan fingerprint density at radius 2 is 1.74 bits per heavy atom. The first kappa shape index (κ1) is 22.9. The van der Waals surface area contributed by atoms with E-state index in [4.69, 9.17) is 0 Å². The lowest BCUT2D eigenvalue weighted by atomic mass is 10.1. The molecule has 0 unspecified atom stereocenters. The fraction of sp³-hybridized carbons (Fsp3) is 0.421. The number of alkyl halides is 3. The molecule has 1 aromatic heterocycles. The summed E-state index contributed by atoms with van der Waals surface area (Å²) in [5, 5.41) is 3.96. The zero-order valence-electron chi connectivity index (χ0n) is 16.9. The van der Waals surface area contributed by atoms with Crippen molar-refractivity contribution in [3.8, 4) is 5.69 Å². The Labute approximate surface area is 176 Å². The Morgan fingerprint density at radius 1 is 1.13 bits per heavy atom. The van der Waals surface area contributed by atoms with E-state index >= 15 is 0 Å².